The van der Waals surface area contributed by atoms with Gasteiger partial charge in [-0.25, -0.2) is 8.42 Å². The van der Waals surface area contributed by atoms with Crippen LogP contribution in [0.25, 0.3) is 10.8 Å². The van der Waals surface area contributed by atoms with Crippen molar-refractivity contribution in [3.05, 3.63) is 34.8 Å². The summed E-state index contributed by atoms with van der Waals surface area (Å²) in [4.78, 5) is 17.6. The standard InChI is InChI=1S/C18H20N4O6S2/c1-11-16(12(2)27-20-11)30(24,25)22-7-3-5-13(9-22)18(23)26-10-15-19-17(28-21-15)14-6-4-8-29-14/h4,6,8,13H,3,5,7,9-10H2,1-2H3. The molecule has 0 radical (unpaired) electrons. The number of hydrogen-bond acceptors (Lipinski definition) is 10. The number of aromatic nitrogens is 3. The van der Waals surface area contributed by atoms with E-state index in [1.807, 2.05) is 17.5 Å². The van der Waals surface area contributed by atoms with Gasteiger partial charge in [-0.3, -0.25) is 4.79 Å². The lowest BCUT2D eigenvalue weighted by atomic mass is 10.0. The number of esters is 1. The van der Waals surface area contributed by atoms with Gasteiger partial charge in [0.05, 0.1) is 10.8 Å². The van der Waals surface area contributed by atoms with Crippen LogP contribution in [0.1, 0.15) is 30.1 Å². The molecule has 0 bridgehead atoms. The van der Waals surface area contributed by atoms with Crippen molar-refractivity contribution in [2.24, 2.45) is 5.92 Å². The fraction of sp³-hybridized carbons (Fsp3) is 0.444. The molecule has 3 aromatic heterocycles. The summed E-state index contributed by atoms with van der Waals surface area (Å²) in [5.41, 5.74) is 0.302. The van der Waals surface area contributed by atoms with E-state index in [4.69, 9.17) is 13.8 Å². The summed E-state index contributed by atoms with van der Waals surface area (Å²) in [6.07, 6.45) is 1.09. The van der Waals surface area contributed by atoms with Gasteiger partial charge in [-0.1, -0.05) is 16.4 Å². The first-order valence-electron chi connectivity index (χ1n) is 9.32. The van der Waals surface area contributed by atoms with Gasteiger partial charge in [-0.15, -0.1) is 11.3 Å². The Morgan fingerprint density at radius 2 is 2.17 bits per heavy atom. The van der Waals surface area contributed by atoms with Gasteiger partial charge in [-0.2, -0.15) is 9.29 Å². The van der Waals surface area contributed by atoms with E-state index in [9.17, 15) is 13.2 Å². The highest BCUT2D eigenvalue weighted by Gasteiger charge is 2.37. The molecule has 1 fully saturated rings. The lowest BCUT2D eigenvalue weighted by Gasteiger charge is -2.30. The minimum Gasteiger partial charge on any atom is -0.457 e. The van der Waals surface area contributed by atoms with Crippen molar-refractivity contribution in [2.75, 3.05) is 13.1 Å². The molecule has 1 unspecified atom stereocenters. The Morgan fingerprint density at radius 3 is 2.87 bits per heavy atom. The zero-order valence-corrected chi connectivity index (χ0v) is 18.0. The van der Waals surface area contributed by atoms with Crippen LogP contribution in [-0.2, 0) is 26.2 Å². The molecule has 0 aromatic carbocycles. The molecule has 30 heavy (non-hydrogen) atoms. The molecule has 0 saturated carbocycles. The van der Waals surface area contributed by atoms with Gasteiger partial charge >= 0.3 is 5.97 Å². The number of piperidine rings is 1. The molecular formula is C18H20N4O6S2. The number of sulfonamides is 1. The summed E-state index contributed by atoms with van der Waals surface area (Å²) in [5.74, 6) is -0.210. The second kappa shape index (κ2) is 8.28. The summed E-state index contributed by atoms with van der Waals surface area (Å²) < 4.78 is 42.8. The van der Waals surface area contributed by atoms with Gasteiger partial charge in [0, 0.05) is 13.1 Å². The Kier molecular flexibility index (Phi) is 5.71. The first-order valence-corrected chi connectivity index (χ1v) is 11.6. The molecule has 1 atom stereocenters. The van der Waals surface area contributed by atoms with E-state index >= 15 is 0 Å². The second-order valence-corrected chi connectivity index (χ2v) is 9.78. The summed E-state index contributed by atoms with van der Waals surface area (Å²) >= 11 is 1.46. The Bertz CT molecular complexity index is 1120. The van der Waals surface area contributed by atoms with Crippen molar-refractivity contribution in [3.8, 4) is 10.8 Å². The molecule has 3 aromatic rings. The zero-order chi connectivity index (χ0) is 21.3. The lowest BCUT2D eigenvalue weighted by molar-refractivity contribution is -0.151. The molecule has 0 spiro atoms. The van der Waals surface area contributed by atoms with Crippen LogP contribution in [0.5, 0.6) is 0 Å². The van der Waals surface area contributed by atoms with Crippen molar-refractivity contribution in [1.29, 1.82) is 0 Å². The molecule has 12 heteroatoms. The van der Waals surface area contributed by atoms with E-state index in [1.165, 1.54) is 15.6 Å². The van der Waals surface area contributed by atoms with E-state index in [0.29, 0.717) is 31.0 Å². The maximum atomic E-state index is 13.0. The highest BCUT2D eigenvalue weighted by Crippen LogP contribution is 2.28. The SMILES string of the molecule is Cc1noc(C)c1S(=O)(=O)N1CCCC(C(=O)OCc2noc(-c3cccs3)n2)C1. The Balaban J connectivity index is 1.39. The molecule has 0 amide bonds. The third-order valence-corrected chi connectivity index (χ3v) is 7.79. The summed E-state index contributed by atoms with van der Waals surface area (Å²) in [6.45, 7) is 3.36. The number of rotatable bonds is 6. The molecule has 0 N–H and O–H groups in total. The first kappa shape index (κ1) is 20.7. The smallest absolute Gasteiger partial charge is 0.310 e. The van der Waals surface area contributed by atoms with E-state index in [1.54, 1.807) is 13.8 Å². The van der Waals surface area contributed by atoms with E-state index < -0.39 is 21.9 Å². The van der Waals surface area contributed by atoms with Crippen molar-refractivity contribution in [1.82, 2.24) is 19.6 Å². The zero-order valence-electron chi connectivity index (χ0n) is 16.4. The van der Waals surface area contributed by atoms with Crippen LogP contribution in [0.4, 0.5) is 0 Å². The predicted octanol–water partition coefficient (Wildman–Crippen LogP) is 2.55. The van der Waals surface area contributed by atoms with Crippen molar-refractivity contribution < 1.29 is 27.0 Å². The molecule has 10 nitrogen and oxygen atoms in total. The van der Waals surface area contributed by atoms with Crippen LogP contribution in [0, 0.1) is 19.8 Å². The Morgan fingerprint density at radius 1 is 1.33 bits per heavy atom. The van der Waals surface area contributed by atoms with E-state index in [0.717, 1.165) is 4.88 Å². The normalized spacial score (nSPS) is 17.9. The predicted molar refractivity (Wildman–Crippen MR) is 105 cm³/mol. The molecule has 1 aliphatic heterocycles. The van der Waals surface area contributed by atoms with Crippen molar-refractivity contribution in [3.63, 3.8) is 0 Å². The van der Waals surface area contributed by atoms with Crippen LogP contribution < -0.4 is 0 Å². The monoisotopic (exact) mass is 452 g/mol. The topological polar surface area (TPSA) is 129 Å². The minimum absolute atomic E-state index is 0.0396. The Labute approximate surface area is 176 Å². The van der Waals surface area contributed by atoms with Gasteiger partial charge in [0.1, 0.15) is 10.6 Å². The summed E-state index contributed by atoms with van der Waals surface area (Å²) in [7, 11) is -3.80. The van der Waals surface area contributed by atoms with Crippen LogP contribution in [0.2, 0.25) is 0 Å². The summed E-state index contributed by atoms with van der Waals surface area (Å²) in [5, 5.41) is 9.43. The number of thiophene rings is 1. The fourth-order valence-electron chi connectivity index (χ4n) is 3.39. The lowest BCUT2D eigenvalue weighted by Crippen LogP contribution is -2.43. The van der Waals surface area contributed by atoms with Crippen molar-refractivity contribution in [2.45, 2.75) is 38.2 Å². The molecule has 4 rings (SSSR count). The number of ether oxygens (including phenoxy) is 1. The average Bonchev–Trinajstić information content (AvgIpc) is 3.47. The van der Waals surface area contributed by atoms with Crippen molar-refractivity contribution >= 4 is 27.3 Å². The Hall–Kier alpha value is -2.57. The molecule has 0 aliphatic carbocycles. The van der Waals surface area contributed by atoms with Crippen LogP contribution >= 0.6 is 11.3 Å². The number of nitrogens with zero attached hydrogens (tertiary/aromatic N) is 4. The molecule has 1 saturated heterocycles. The van der Waals surface area contributed by atoms with Gasteiger partial charge in [0.15, 0.2) is 12.4 Å². The highest BCUT2D eigenvalue weighted by atomic mass is 32.2. The van der Waals surface area contributed by atoms with Gasteiger partial charge in [0.2, 0.25) is 15.8 Å². The van der Waals surface area contributed by atoms with E-state index in [2.05, 4.69) is 15.3 Å². The molecule has 160 valence electrons. The minimum atomic E-state index is -3.80. The number of carbonyl (C=O) groups excluding carboxylic acids is 1. The molecular weight excluding hydrogens is 432 g/mol. The van der Waals surface area contributed by atoms with Gasteiger partial charge in [-0.05, 0) is 38.1 Å². The second-order valence-electron chi connectivity index (χ2n) is 6.96. The fourth-order valence-corrected chi connectivity index (χ4v) is 5.85. The molecule has 1 aliphatic rings. The van der Waals surface area contributed by atoms with Crippen LogP contribution in [-0.4, -0.2) is 47.1 Å². The number of aryl methyl sites for hydroxylation is 2. The summed E-state index contributed by atoms with van der Waals surface area (Å²) in [6, 6.07) is 3.72. The first-order chi connectivity index (χ1) is 14.4. The van der Waals surface area contributed by atoms with E-state index in [-0.39, 0.29) is 29.6 Å². The molecule has 4 heterocycles. The average molecular weight is 453 g/mol. The van der Waals surface area contributed by atoms with Gasteiger partial charge in [0.25, 0.3) is 5.89 Å². The largest absolute Gasteiger partial charge is 0.457 e. The highest BCUT2D eigenvalue weighted by molar-refractivity contribution is 7.89. The quantitative estimate of drug-likeness (QED) is 0.518. The van der Waals surface area contributed by atoms with Crippen LogP contribution in [0.15, 0.2) is 31.5 Å². The van der Waals surface area contributed by atoms with Crippen LogP contribution in [0.3, 0.4) is 0 Å². The van der Waals surface area contributed by atoms with Gasteiger partial charge < -0.3 is 13.8 Å². The number of hydrogen-bond donors (Lipinski definition) is 0. The third-order valence-electron chi connectivity index (χ3n) is 4.83. The number of carbonyl (C=O) groups is 1. The third kappa shape index (κ3) is 4.02. The maximum absolute atomic E-state index is 13.0. The maximum Gasteiger partial charge on any atom is 0.310 e.